The summed E-state index contributed by atoms with van der Waals surface area (Å²) in [5.41, 5.74) is 2.99. The first-order valence-corrected chi connectivity index (χ1v) is 10.0. The molecular formula is C21H23N5O2S. The van der Waals surface area contributed by atoms with Crippen LogP contribution in [0.3, 0.4) is 0 Å². The van der Waals surface area contributed by atoms with Gasteiger partial charge in [0.2, 0.25) is 10.0 Å². The molecule has 0 spiro atoms. The number of amides is 2. The third kappa shape index (κ3) is 6.20. The van der Waals surface area contributed by atoms with Gasteiger partial charge in [-0.3, -0.25) is 9.59 Å². The highest BCUT2D eigenvalue weighted by molar-refractivity contribution is 7.15. The van der Waals surface area contributed by atoms with Crippen LogP contribution in [0.5, 0.6) is 0 Å². The minimum absolute atomic E-state index is 0.150. The summed E-state index contributed by atoms with van der Waals surface area (Å²) in [4.78, 5) is 26.7. The molecule has 0 aliphatic rings. The summed E-state index contributed by atoms with van der Waals surface area (Å²) in [6.07, 6.45) is 0. The van der Waals surface area contributed by atoms with Crippen molar-refractivity contribution in [1.82, 2.24) is 20.4 Å². The molecule has 150 valence electrons. The number of carbonyl (C=O) groups is 2. The van der Waals surface area contributed by atoms with Crippen LogP contribution in [0.15, 0.2) is 54.6 Å². The van der Waals surface area contributed by atoms with E-state index in [-0.39, 0.29) is 21.8 Å². The van der Waals surface area contributed by atoms with Crippen molar-refractivity contribution in [2.75, 3.05) is 25.5 Å². The summed E-state index contributed by atoms with van der Waals surface area (Å²) in [5.74, 6) is -0.710. The molecule has 3 rings (SSSR count). The van der Waals surface area contributed by atoms with Crippen LogP contribution in [0.2, 0.25) is 0 Å². The monoisotopic (exact) mass is 409 g/mol. The van der Waals surface area contributed by atoms with Gasteiger partial charge in [0.05, 0.1) is 0 Å². The van der Waals surface area contributed by atoms with E-state index in [1.807, 2.05) is 56.4 Å². The van der Waals surface area contributed by atoms with E-state index in [1.165, 1.54) is 5.56 Å². The van der Waals surface area contributed by atoms with E-state index in [1.54, 1.807) is 0 Å². The fourth-order valence-corrected chi connectivity index (χ4v) is 3.29. The smallest absolute Gasteiger partial charge is 0.286 e. The molecule has 0 aliphatic heterocycles. The lowest BCUT2D eigenvalue weighted by molar-refractivity contribution is 0.0947. The summed E-state index contributed by atoms with van der Waals surface area (Å²) in [7, 11) is 2.00. The maximum absolute atomic E-state index is 12.3. The predicted octanol–water partition coefficient (Wildman–Crippen LogP) is 2.96. The maximum atomic E-state index is 12.3. The van der Waals surface area contributed by atoms with E-state index in [0.29, 0.717) is 18.8 Å². The highest BCUT2D eigenvalue weighted by atomic mass is 32.1. The molecule has 8 heteroatoms. The molecule has 7 nitrogen and oxygen atoms in total. The normalized spacial score (nSPS) is 10.7. The van der Waals surface area contributed by atoms with Crippen molar-refractivity contribution in [1.29, 1.82) is 0 Å². The molecule has 0 unspecified atom stereocenters. The van der Waals surface area contributed by atoms with Crippen LogP contribution >= 0.6 is 11.3 Å². The van der Waals surface area contributed by atoms with Gasteiger partial charge in [0.15, 0.2) is 0 Å². The lowest BCUT2D eigenvalue weighted by atomic mass is 10.2. The number of benzene rings is 2. The fraction of sp³-hybridized carbons (Fsp3) is 0.238. The summed E-state index contributed by atoms with van der Waals surface area (Å²) in [6.45, 7) is 3.95. The molecule has 1 aromatic heterocycles. The Hall–Kier alpha value is -3.10. The highest BCUT2D eigenvalue weighted by Gasteiger charge is 2.17. The van der Waals surface area contributed by atoms with E-state index in [0.717, 1.165) is 23.4 Å². The predicted molar refractivity (Wildman–Crippen MR) is 114 cm³/mol. The van der Waals surface area contributed by atoms with Crippen LogP contribution in [-0.2, 0) is 6.54 Å². The third-order valence-electron chi connectivity index (χ3n) is 4.20. The van der Waals surface area contributed by atoms with Crippen molar-refractivity contribution in [2.45, 2.75) is 13.5 Å². The second-order valence-electron chi connectivity index (χ2n) is 6.71. The Labute approximate surface area is 173 Å². The van der Waals surface area contributed by atoms with Gasteiger partial charge in [0.1, 0.15) is 0 Å². The average molecular weight is 410 g/mol. The molecule has 3 aromatic rings. The highest BCUT2D eigenvalue weighted by Crippen LogP contribution is 2.14. The number of rotatable bonds is 8. The molecular weight excluding hydrogens is 386 g/mol. The Morgan fingerprint density at radius 2 is 1.62 bits per heavy atom. The van der Waals surface area contributed by atoms with Crippen LogP contribution < -0.4 is 10.6 Å². The van der Waals surface area contributed by atoms with E-state index in [9.17, 15) is 9.59 Å². The number of hydrogen-bond acceptors (Lipinski definition) is 6. The molecule has 0 radical (unpaired) electrons. The third-order valence-corrected chi connectivity index (χ3v) is 5.12. The minimum Gasteiger partial charge on any atom is -0.349 e. The van der Waals surface area contributed by atoms with Gasteiger partial charge in [-0.1, -0.05) is 59.4 Å². The average Bonchev–Trinajstić information content (AvgIpc) is 3.21. The number of nitrogens with zero attached hydrogens (tertiary/aromatic N) is 3. The topological polar surface area (TPSA) is 87.2 Å². The zero-order valence-corrected chi connectivity index (χ0v) is 17.2. The number of nitrogens with one attached hydrogen (secondary N) is 2. The van der Waals surface area contributed by atoms with Gasteiger partial charge in [0, 0.05) is 25.3 Å². The zero-order chi connectivity index (χ0) is 20.6. The first-order valence-electron chi connectivity index (χ1n) is 9.23. The SMILES string of the molecule is Cc1ccc(NC(=O)c2nnc(C(=O)NCCN(C)Cc3ccccc3)s2)cc1. The molecule has 1 heterocycles. The van der Waals surface area contributed by atoms with E-state index in [4.69, 9.17) is 0 Å². The van der Waals surface area contributed by atoms with E-state index in [2.05, 4.69) is 37.9 Å². The van der Waals surface area contributed by atoms with Crippen LogP contribution in [0, 0.1) is 6.92 Å². The Balaban J connectivity index is 1.46. The van der Waals surface area contributed by atoms with Crippen molar-refractivity contribution in [2.24, 2.45) is 0 Å². The van der Waals surface area contributed by atoms with Crippen LogP contribution in [0.4, 0.5) is 5.69 Å². The molecule has 0 fully saturated rings. The largest absolute Gasteiger partial charge is 0.349 e. The van der Waals surface area contributed by atoms with Gasteiger partial charge in [0.25, 0.3) is 11.8 Å². The van der Waals surface area contributed by atoms with Crippen molar-refractivity contribution in [3.63, 3.8) is 0 Å². The van der Waals surface area contributed by atoms with Gasteiger partial charge in [-0.2, -0.15) is 0 Å². The number of aromatic nitrogens is 2. The molecule has 2 aromatic carbocycles. The number of hydrogen-bond donors (Lipinski definition) is 2. The van der Waals surface area contributed by atoms with Crippen LogP contribution in [0.25, 0.3) is 0 Å². The molecule has 29 heavy (non-hydrogen) atoms. The summed E-state index contributed by atoms with van der Waals surface area (Å²) in [6, 6.07) is 17.6. The first kappa shape index (κ1) is 20.6. The van der Waals surface area contributed by atoms with Gasteiger partial charge in [-0.15, -0.1) is 10.2 Å². The Kier molecular flexibility index (Phi) is 7.04. The van der Waals surface area contributed by atoms with Crippen molar-refractivity contribution >= 4 is 28.8 Å². The number of anilines is 1. The van der Waals surface area contributed by atoms with Crippen molar-refractivity contribution in [3.05, 3.63) is 75.7 Å². The van der Waals surface area contributed by atoms with Gasteiger partial charge < -0.3 is 15.5 Å². The lowest BCUT2D eigenvalue weighted by Gasteiger charge is -2.16. The number of aryl methyl sites for hydroxylation is 1. The Morgan fingerprint density at radius 1 is 0.966 bits per heavy atom. The summed E-state index contributed by atoms with van der Waals surface area (Å²) >= 11 is 0.973. The van der Waals surface area contributed by atoms with Gasteiger partial charge in [-0.05, 0) is 31.7 Å². The summed E-state index contributed by atoms with van der Waals surface area (Å²) in [5, 5.41) is 13.6. The molecule has 0 saturated heterocycles. The van der Waals surface area contributed by atoms with Gasteiger partial charge >= 0.3 is 0 Å². The lowest BCUT2D eigenvalue weighted by Crippen LogP contribution is -2.32. The maximum Gasteiger partial charge on any atom is 0.286 e. The van der Waals surface area contributed by atoms with E-state index >= 15 is 0 Å². The molecule has 0 atom stereocenters. The Morgan fingerprint density at radius 3 is 2.31 bits per heavy atom. The number of likely N-dealkylation sites (N-methyl/N-ethyl adjacent to an activating group) is 1. The number of carbonyl (C=O) groups excluding carboxylic acids is 2. The minimum atomic E-state index is -0.381. The first-order chi connectivity index (χ1) is 14.0. The molecule has 2 amide bonds. The molecule has 0 aliphatic carbocycles. The van der Waals surface area contributed by atoms with Crippen LogP contribution in [-0.4, -0.2) is 47.0 Å². The van der Waals surface area contributed by atoms with Crippen molar-refractivity contribution < 1.29 is 9.59 Å². The van der Waals surface area contributed by atoms with Gasteiger partial charge in [-0.25, -0.2) is 0 Å². The standard InChI is InChI=1S/C21H23N5O2S/c1-15-8-10-17(11-9-15)23-19(28)21-25-24-20(29-21)18(27)22-12-13-26(2)14-16-6-4-3-5-7-16/h3-11H,12-14H2,1-2H3,(H,22,27)(H,23,28). The second kappa shape index (κ2) is 9.90. The quantitative estimate of drug-likeness (QED) is 0.597. The zero-order valence-electron chi connectivity index (χ0n) is 16.4. The van der Waals surface area contributed by atoms with Crippen molar-refractivity contribution in [3.8, 4) is 0 Å². The summed E-state index contributed by atoms with van der Waals surface area (Å²) < 4.78 is 0. The molecule has 0 saturated carbocycles. The second-order valence-corrected chi connectivity index (χ2v) is 7.69. The molecule has 2 N–H and O–H groups in total. The Bertz CT molecular complexity index is 957. The fourth-order valence-electron chi connectivity index (χ4n) is 2.64. The van der Waals surface area contributed by atoms with Crippen LogP contribution in [0.1, 0.15) is 30.7 Å². The molecule has 0 bridgehead atoms. The van der Waals surface area contributed by atoms with E-state index < -0.39 is 0 Å².